The lowest BCUT2D eigenvalue weighted by molar-refractivity contribution is -0.127. The van der Waals surface area contributed by atoms with E-state index in [9.17, 15) is 4.79 Å². The molecule has 2 atom stereocenters. The van der Waals surface area contributed by atoms with Gasteiger partial charge in [-0.1, -0.05) is 13.8 Å². The minimum atomic E-state index is -0.153. The van der Waals surface area contributed by atoms with E-state index in [4.69, 9.17) is 4.74 Å². The third-order valence-corrected chi connectivity index (χ3v) is 2.70. The van der Waals surface area contributed by atoms with Crippen molar-refractivity contribution >= 4 is 5.91 Å². The van der Waals surface area contributed by atoms with Crippen LogP contribution < -0.4 is 10.6 Å². The van der Waals surface area contributed by atoms with Gasteiger partial charge in [-0.25, -0.2) is 0 Å². The third kappa shape index (κ3) is 5.50. The maximum atomic E-state index is 11.8. The van der Waals surface area contributed by atoms with Gasteiger partial charge in [-0.3, -0.25) is 4.79 Å². The van der Waals surface area contributed by atoms with Gasteiger partial charge in [0.05, 0.1) is 24.3 Å². The summed E-state index contributed by atoms with van der Waals surface area (Å²) in [5.41, 5.74) is -0.153. The second-order valence-corrected chi connectivity index (χ2v) is 6.22. The standard InChI is InChI=1S/C13H26N2O2/c1-9(2)6-11-12(16)15-10(7-14-11)8-17-13(3,4)5/h9-11,14H,6-8H2,1-5H3,(H,15,16)/t10-,11+/m1/s1. The van der Waals surface area contributed by atoms with Crippen LogP contribution in [0.15, 0.2) is 0 Å². The highest BCUT2D eigenvalue weighted by Crippen LogP contribution is 2.10. The van der Waals surface area contributed by atoms with Gasteiger partial charge in [0, 0.05) is 6.54 Å². The zero-order valence-electron chi connectivity index (χ0n) is 11.7. The van der Waals surface area contributed by atoms with E-state index < -0.39 is 0 Å². The lowest BCUT2D eigenvalue weighted by Gasteiger charge is -2.32. The van der Waals surface area contributed by atoms with Crippen LogP contribution in [0.1, 0.15) is 41.0 Å². The molecule has 1 fully saturated rings. The Morgan fingerprint density at radius 2 is 2.06 bits per heavy atom. The Balaban J connectivity index is 2.34. The van der Waals surface area contributed by atoms with Gasteiger partial charge in [-0.2, -0.15) is 0 Å². The van der Waals surface area contributed by atoms with E-state index in [0.717, 1.165) is 13.0 Å². The molecule has 0 unspecified atom stereocenters. The first-order valence-corrected chi connectivity index (χ1v) is 6.45. The first kappa shape index (κ1) is 14.5. The molecule has 1 saturated heterocycles. The Morgan fingerprint density at radius 3 is 2.53 bits per heavy atom. The molecule has 4 heteroatoms. The molecule has 0 bridgehead atoms. The molecule has 1 rings (SSSR count). The summed E-state index contributed by atoms with van der Waals surface area (Å²) in [4.78, 5) is 11.8. The van der Waals surface area contributed by atoms with Crippen molar-refractivity contribution in [2.24, 2.45) is 5.92 Å². The molecule has 0 aromatic rings. The average Bonchev–Trinajstić information content (AvgIpc) is 2.17. The lowest BCUT2D eigenvalue weighted by Crippen LogP contribution is -2.60. The predicted molar refractivity (Wildman–Crippen MR) is 68.9 cm³/mol. The Bertz CT molecular complexity index is 259. The van der Waals surface area contributed by atoms with Crippen LogP contribution in [0.5, 0.6) is 0 Å². The van der Waals surface area contributed by atoms with Crippen LogP contribution in [0.4, 0.5) is 0 Å². The molecule has 1 amide bonds. The summed E-state index contributed by atoms with van der Waals surface area (Å²) in [5, 5.41) is 6.31. The topological polar surface area (TPSA) is 50.4 Å². The number of hydrogen-bond donors (Lipinski definition) is 2. The molecule has 1 aliphatic rings. The van der Waals surface area contributed by atoms with Gasteiger partial charge in [0.25, 0.3) is 0 Å². The van der Waals surface area contributed by atoms with Crippen molar-refractivity contribution < 1.29 is 9.53 Å². The van der Waals surface area contributed by atoms with Gasteiger partial charge in [0.1, 0.15) is 0 Å². The molecule has 1 heterocycles. The van der Waals surface area contributed by atoms with Crippen LogP contribution in [0.3, 0.4) is 0 Å². The molecule has 0 saturated carbocycles. The van der Waals surface area contributed by atoms with Crippen LogP contribution in [0, 0.1) is 5.92 Å². The minimum Gasteiger partial charge on any atom is -0.374 e. The number of rotatable bonds is 4. The highest BCUT2D eigenvalue weighted by molar-refractivity contribution is 5.82. The quantitative estimate of drug-likeness (QED) is 0.781. The molecule has 0 spiro atoms. The number of carbonyl (C=O) groups is 1. The molecule has 0 aromatic carbocycles. The summed E-state index contributed by atoms with van der Waals surface area (Å²) < 4.78 is 5.68. The van der Waals surface area contributed by atoms with Gasteiger partial charge in [-0.15, -0.1) is 0 Å². The molecule has 4 nitrogen and oxygen atoms in total. The van der Waals surface area contributed by atoms with Crippen LogP contribution >= 0.6 is 0 Å². The van der Waals surface area contributed by atoms with Crippen LogP contribution in [-0.2, 0) is 9.53 Å². The van der Waals surface area contributed by atoms with Gasteiger partial charge in [-0.05, 0) is 33.1 Å². The predicted octanol–water partition coefficient (Wildman–Crippen LogP) is 1.30. The summed E-state index contributed by atoms with van der Waals surface area (Å²) in [5.74, 6) is 0.632. The van der Waals surface area contributed by atoms with E-state index in [1.807, 2.05) is 20.8 Å². The second kappa shape index (κ2) is 5.83. The smallest absolute Gasteiger partial charge is 0.237 e. The molecule has 0 radical (unpaired) electrons. The van der Waals surface area contributed by atoms with E-state index in [-0.39, 0.29) is 23.6 Å². The maximum Gasteiger partial charge on any atom is 0.237 e. The molecule has 0 aliphatic carbocycles. The number of amides is 1. The fourth-order valence-corrected chi connectivity index (χ4v) is 1.84. The zero-order valence-corrected chi connectivity index (χ0v) is 11.7. The number of carbonyl (C=O) groups excluding carboxylic acids is 1. The summed E-state index contributed by atoms with van der Waals surface area (Å²) in [6.45, 7) is 11.7. The number of ether oxygens (including phenoxy) is 1. The molecule has 17 heavy (non-hydrogen) atoms. The zero-order chi connectivity index (χ0) is 13.1. The van der Waals surface area contributed by atoms with Gasteiger partial charge in [0.2, 0.25) is 5.91 Å². The van der Waals surface area contributed by atoms with Crippen molar-refractivity contribution in [1.29, 1.82) is 0 Å². The molecule has 100 valence electrons. The maximum absolute atomic E-state index is 11.8. The number of piperazine rings is 1. The van der Waals surface area contributed by atoms with Crippen molar-refractivity contribution in [2.75, 3.05) is 13.2 Å². The summed E-state index contributed by atoms with van der Waals surface area (Å²) in [7, 11) is 0. The monoisotopic (exact) mass is 242 g/mol. The average molecular weight is 242 g/mol. The molecule has 0 aromatic heterocycles. The summed E-state index contributed by atoms with van der Waals surface area (Å²) in [6, 6.07) is 0.0472. The molecular formula is C13H26N2O2. The van der Waals surface area contributed by atoms with Crippen molar-refractivity contribution in [3.63, 3.8) is 0 Å². The largest absolute Gasteiger partial charge is 0.374 e. The third-order valence-electron chi connectivity index (χ3n) is 2.70. The van der Waals surface area contributed by atoms with Crippen molar-refractivity contribution in [3.8, 4) is 0 Å². The first-order valence-electron chi connectivity index (χ1n) is 6.45. The number of nitrogens with one attached hydrogen (secondary N) is 2. The Kier molecular flexibility index (Phi) is 4.95. The molecule has 1 aliphatic heterocycles. The van der Waals surface area contributed by atoms with E-state index in [1.54, 1.807) is 0 Å². The SMILES string of the molecule is CC(C)C[C@@H]1NC[C@H](COC(C)(C)C)NC1=O. The Labute approximate surface area is 104 Å². The van der Waals surface area contributed by atoms with Crippen LogP contribution in [0.25, 0.3) is 0 Å². The first-order chi connectivity index (χ1) is 7.78. The van der Waals surface area contributed by atoms with Crippen molar-refractivity contribution in [3.05, 3.63) is 0 Å². The van der Waals surface area contributed by atoms with E-state index in [2.05, 4.69) is 24.5 Å². The summed E-state index contributed by atoms with van der Waals surface area (Å²) in [6.07, 6.45) is 0.888. The van der Waals surface area contributed by atoms with Gasteiger partial charge < -0.3 is 15.4 Å². The highest BCUT2D eigenvalue weighted by Gasteiger charge is 2.28. The normalized spacial score (nSPS) is 26.1. The van der Waals surface area contributed by atoms with Crippen molar-refractivity contribution in [1.82, 2.24) is 10.6 Å². The van der Waals surface area contributed by atoms with E-state index in [0.29, 0.717) is 12.5 Å². The lowest BCUT2D eigenvalue weighted by atomic mass is 10.0. The van der Waals surface area contributed by atoms with E-state index >= 15 is 0 Å². The van der Waals surface area contributed by atoms with Crippen molar-refractivity contribution in [2.45, 2.75) is 58.7 Å². The summed E-state index contributed by atoms with van der Waals surface area (Å²) >= 11 is 0. The minimum absolute atomic E-state index is 0.0408. The number of hydrogen-bond acceptors (Lipinski definition) is 3. The fourth-order valence-electron chi connectivity index (χ4n) is 1.84. The van der Waals surface area contributed by atoms with Crippen LogP contribution in [0.2, 0.25) is 0 Å². The second-order valence-electron chi connectivity index (χ2n) is 6.22. The highest BCUT2D eigenvalue weighted by atomic mass is 16.5. The van der Waals surface area contributed by atoms with Crippen LogP contribution in [-0.4, -0.2) is 36.7 Å². The van der Waals surface area contributed by atoms with Gasteiger partial charge >= 0.3 is 0 Å². The molecular weight excluding hydrogens is 216 g/mol. The Morgan fingerprint density at radius 1 is 1.41 bits per heavy atom. The van der Waals surface area contributed by atoms with Gasteiger partial charge in [0.15, 0.2) is 0 Å². The Hall–Kier alpha value is -0.610. The fraction of sp³-hybridized carbons (Fsp3) is 0.923. The van der Waals surface area contributed by atoms with E-state index in [1.165, 1.54) is 0 Å². The molecule has 2 N–H and O–H groups in total.